The minimum absolute atomic E-state index is 0.190. The second-order valence-electron chi connectivity index (χ2n) is 7.71. The fourth-order valence-electron chi connectivity index (χ4n) is 3.56. The van der Waals surface area contributed by atoms with Gasteiger partial charge in [-0.15, -0.1) is 10.2 Å². The monoisotopic (exact) mass is 440 g/mol. The van der Waals surface area contributed by atoms with Crippen molar-refractivity contribution in [1.82, 2.24) is 24.4 Å². The van der Waals surface area contributed by atoms with E-state index in [0.717, 1.165) is 10.9 Å². The van der Waals surface area contributed by atoms with E-state index in [1.54, 1.807) is 40.3 Å². The summed E-state index contributed by atoms with van der Waals surface area (Å²) >= 11 is 0. The molecule has 0 aliphatic carbocycles. The molecule has 3 heterocycles. The average Bonchev–Trinajstić information content (AvgIpc) is 2.78. The molecule has 0 atom stereocenters. The Bertz CT molecular complexity index is 1220. The highest BCUT2D eigenvalue weighted by Crippen LogP contribution is 2.25. The van der Waals surface area contributed by atoms with Gasteiger partial charge in [-0.1, -0.05) is 12.1 Å². The Morgan fingerprint density at radius 3 is 2.42 bits per heavy atom. The van der Waals surface area contributed by atoms with Crippen LogP contribution < -0.4 is 4.90 Å². The number of amides is 1. The molecule has 162 valence electrons. The van der Waals surface area contributed by atoms with Crippen LogP contribution in [0.4, 0.5) is 5.82 Å². The van der Waals surface area contributed by atoms with E-state index in [9.17, 15) is 13.2 Å². The van der Waals surface area contributed by atoms with E-state index in [-0.39, 0.29) is 42.7 Å². The van der Waals surface area contributed by atoms with Crippen LogP contribution in [0.2, 0.25) is 0 Å². The molecule has 2 aromatic heterocycles. The Morgan fingerprint density at radius 2 is 1.77 bits per heavy atom. The lowest BCUT2D eigenvalue weighted by atomic mass is 10.2. The minimum atomic E-state index is -3.73. The summed E-state index contributed by atoms with van der Waals surface area (Å²) in [6.45, 7) is 2.90. The van der Waals surface area contributed by atoms with Gasteiger partial charge in [0.2, 0.25) is 10.0 Å². The van der Waals surface area contributed by atoms with Crippen molar-refractivity contribution < 1.29 is 13.2 Å². The Kier molecular flexibility index (Phi) is 5.59. The molecule has 1 saturated heterocycles. The number of carbonyl (C=O) groups excluding carboxylic acids is 1. The second kappa shape index (κ2) is 8.20. The van der Waals surface area contributed by atoms with Crippen LogP contribution >= 0.6 is 0 Å². The van der Waals surface area contributed by atoms with Crippen LogP contribution in [0.15, 0.2) is 47.5 Å². The molecule has 0 bridgehead atoms. The van der Waals surface area contributed by atoms with Crippen LogP contribution in [0.1, 0.15) is 16.1 Å². The van der Waals surface area contributed by atoms with Crippen molar-refractivity contribution >= 4 is 32.7 Å². The summed E-state index contributed by atoms with van der Waals surface area (Å²) < 4.78 is 28.0. The summed E-state index contributed by atoms with van der Waals surface area (Å²) in [6, 6.07) is 10.5. The van der Waals surface area contributed by atoms with Gasteiger partial charge in [0.1, 0.15) is 4.90 Å². The smallest absolute Gasteiger partial charge is 0.274 e. The standard InChI is InChI=1S/C21H24N6O3S/c1-15-13-16-5-4-6-18(20(16)22-14-15)31(29,30)27-11-9-26(10-12-27)21(28)17-7-8-19(24-23-17)25(2)3/h4-8,13-14H,9-12H2,1-3H3. The van der Waals surface area contributed by atoms with Gasteiger partial charge in [-0.25, -0.2) is 8.42 Å². The van der Waals surface area contributed by atoms with Crippen molar-refractivity contribution in [2.24, 2.45) is 0 Å². The molecule has 1 aromatic carbocycles. The molecule has 1 aliphatic rings. The SMILES string of the molecule is Cc1cnc2c(S(=O)(=O)N3CCN(C(=O)c4ccc(N(C)C)nn4)CC3)cccc2c1. The summed E-state index contributed by atoms with van der Waals surface area (Å²) in [5.74, 6) is 0.406. The highest BCUT2D eigenvalue weighted by Gasteiger charge is 2.32. The lowest BCUT2D eigenvalue weighted by molar-refractivity contribution is 0.0691. The lowest BCUT2D eigenvalue weighted by Gasteiger charge is -2.33. The molecule has 1 fully saturated rings. The summed E-state index contributed by atoms with van der Waals surface area (Å²) in [5, 5.41) is 8.83. The van der Waals surface area contributed by atoms with Crippen LogP contribution in [0.25, 0.3) is 10.9 Å². The van der Waals surface area contributed by atoms with Gasteiger partial charge in [0.05, 0.1) is 5.52 Å². The highest BCUT2D eigenvalue weighted by molar-refractivity contribution is 7.89. The third-order valence-electron chi connectivity index (χ3n) is 5.28. The Hall–Kier alpha value is -3.11. The molecule has 4 rings (SSSR count). The second-order valence-corrected chi connectivity index (χ2v) is 9.61. The first-order chi connectivity index (χ1) is 14.8. The number of para-hydroxylation sites is 1. The van der Waals surface area contributed by atoms with E-state index >= 15 is 0 Å². The fourth-order valence-corrected chi connectivity index (χ4v) is 5.15. The molecule has 1 amide bonds. The van der Waals surface area contributed by atoms with Crippen molar-refractivity contribution in [2.75, 3.05) is 45.2 Å². The number of rotatable bonds is 4. The maximum Gasteiger partial charge on any atom is 0.274 e. The quantitative estimate of drug-likeness (QED) is 0.607. The number of benzene rings is 1. The third-order valence-corrected chi connectivity index (χ3v) is 7.21. The number of hydrogen-bond donors (Lipinski definition) is 0. The zero-order valence-corrected chi connectivity index (χ0v) is 18.5. The summed E-state index contributed by atoms with van der Waals surface area (Å²) in [7, 11) is -0.0409. The van der Waals surface area contributed by atoms with Crippen molar-refractivity contribution in [3.63, 3.8) is 0 Å². The van der Waals surface area contributed by atoms with Crippen molar-refractivity contribution in [3.8, 4) is 0 Å². The van der Waals surface area contributed by atoms with E-state index in [1.165, 1.54) is 4.31 Å². The summed E-state index contributed by atoms with van der Waals surface area (Å²) in [5.41, 5.74) is 1.68. The molecule has 10 heteroatoms. The fraction of sp³-hybridized carbons (Fsp3) is 0.333. The number of hydrogen-bond acceptors (Lipinski definition) is 7. The molecule has 0 saturated carbocycles. The first-order valence-electron chi connectivity index (χ1n) is 9.93. The molecule has 0 unspecified atom stereocenters. The molecule has 9 nitrogen and oxygen atoms in total. The van der Waals surface area contributed by atoms with E-state index < -0.39 is 10.0 Å². The normalized spacial score (nSPS) is 15.3. The highest BCUT2D eigenvalue weighted by atomic mass is 32.2. The van der Waals surface area contributed by atoms with Gasteiger partial charge >= 0.3 is 0 Å². The van der Waals surface area contributed by atoms with Crippen LogP contribution in [0, 0.1) is 6.92 Å². The Balaban J connectivity index is 1.50. The predicted molar refractivity (Wildman–Crippen MR) is 118 cm³/mol. The number of carbonyl (C=O) groups is 1. The van der Waals surface area contributed by atoms with Gasteiger partial charge in [0, 0.05) is 51.9 Å². The number of nitrogens with zero attached hydrogens (tertiary/aromatic N) is 6. The van der Waals surface area contributed by atoms with Gasteiger partial charge in [0.25, 0.3) is 5.91 Å². The molecule has 3 aromatic rings. The van der Waals surface area contributed by atoms with E-state index in [4.69, 9.17) is 0 Å². The molecule has 0 spiro atoms. The van der Waals surface area contributed by atoms with Crippen LogP contribution in [0.5, 0.6) is 0 Å². The van der Waals surface area contributed by atoms with Crippen molar-refractivity contribution in [3.05, 3.63) is 53.9 Å². The van der Waals surface area contributed by atoms with Gasteiger partial charge in [-0.2, -0.15) is 4.31 Å². The maximum absolute atomic E-state index is 13.3. The van der Waals surface area contributed by atoms with Crippen molar-refractivity contribution in [1.29, 1.82) is 0 Å². The van der Waals surface area contributed by atoms with Crippen LogP contribution in [0.3, 0.4) is 0 Å². The van der Waals surface area contributed by atoms with Crippen LogP contribution in [-0.2, 0) is 10.0 Å². The predicted octanol–water partition coefficient (Wildman–Crippen LogP) is 1.55. The molecule has 31 heavy (non-hydrogen) atoms. The molecule has 0 N–H and O–H groups in total. The zero-order chi connectivity index (χ0) is 22.2. The molecular formula is C21H24N6O3S. The van der Waals surface area contributed by atoms with Gasteiger partial charge in [-0.3, -0.25) is 9.78 Å². The molecular weight excluding hydrogens is 416 g/mol. The van der Waals surface area contributed by atoms with E-state index in [0.29, 0.717) is 11.3 Å². The van der Waals surface area contributed by atoms with E-state index in [1.807, 2.05) is 33.2 Å². The first-order valence-corrected chi connectivity index (χ1v) is 11.4. The Labute approximate surface area is 181 Å². The molecule has 0 radical (unpaired) electrons. The maximum atomic E-state index is 13.3. The van der Waals surface area contributed by atoms with E-state index in [2.05, 4.69) is 15.2 Å². The number of fused-ring (bicyclic) bond motifs is 1. The number of piperazine rings is 1. The number of aromatic nitrogens is 3. The zero-order valence-electron chi connectivity index (χ0n) is 17.7. The average molecular weight is 441 g/mol. The van der Waals surface area contributed by atoms with Crippen LogP contribution in [-0.4, -0.2) is 79.0 Å². The largest absolute Gasteiger partial charge is 0.361 e. The number of sulfonamides is 1. The minimum Gasteiger partial charge on any atom is -0.361 e. The lowest BCUT2D eigenvalue weighted by Crippen LogP contribution is -2.50. The van der Waals surface area contributed by atoms with Gasteiger partial charge in [0.15, 0.2) is 11.5 Å². The third kappa shape index (κ3) is 4.08. The number of anilines is 1. The summed E-state index contributed by atoms with van der Waals surface area (Å²) in [4.78, 5) is 20.7. The van der Waals surface area contributed by atoms with Gasteiger partial charge in [-0.05, 0) is 36.8 Å². The topological polar surface area (TPSA) is 99.6 Å². The first kappa shape index (κ1) is 21.1. The van der Waals surface area contributed by atoms with Gasteiger partial charge < -0.3 is 9.80 Å². The molecule has 1 aliphatic heterocycles. The van der Waals surface area contributed by atoms with Crippen molar-refractivity contribution in [2.45, 2.75) is 11.8 Å². The number of pyridine rings is 1. The number of aryl methyl sites for hydroxylation is 1. The summed E-state index contributed by atoms with van der Waals surface area (Å²) in [6.07, 6.45) is 1.67. The Morgan fingerprint density at radius 1 is 1.03 bits per heavy atom.